The number of aliphatic hydroxyl groups is 2. The molecule has 1 saturated heterocycles. The van der Waals surface area contributed by atoms with E-state index >= 15 is 0 Å². The minimum atomic E-state index is -1.37. The van der Waals surface area contributed by atoms with E-state index in [4.69, 9.17) is 4.74 Å². The van der Waals surface area contributed by atoms with Gasteiger partial charge in [-0.05, 0) is 43.9 Å². The van der Waals surface area contributed by atoms with Crippen molar-refractivity contribution in [3.63, 3.8) is 0 Å². The number of hydrogen-bond acceptors (Lipinski definition) is 5. The number of allylic oxidation sites excluding steroid dienone is 1. The van der Waals surface area contributed by atoms with Gasteiger partial charge in [0.1, 0.15) is 11.0 Å². The summed E-state index contributed by atoms with van der Waals surface area (Å²) in [5.74, 6) is -2.57. The van der Waals surface area contributed by atoms with E-state index in [2.05, 4.69) is 6.58 Å². The van der Waals surface area contributed by atoms with Gasteiger partial charge in [-0.15, -0.1) is 0 Å². The number of carbonyl (C=O) groups is 2. The second kappa shape index (κ2) is 4.29. The van der Waals surface area contributed by atoms with E-state index in [9.17, 15) is 24.9 Å². The van der Waals surface area contributed by atoms with E-state index in [1.54, 1.807) is 6.92 Å². The van der Waals surface area contributed by atoms with E-state index in [-0.39, 0.29) is 12.3 Å². The SMILES string of the molecule is C=C1C[C@]23C[C@H]1CC[C@H]2[C@@]12C[C@H](O)[C@H](O)[C@@](C)(C(=O)O1)[C@H]2[C@@H]3C(=O)O. The molecule has 4 bridgehead atoms. The first-order chi connectivity index (χ1) is 11.7. The Morgan fingerprint density at radius 3 is 2.68 bits per heavy atom. The molecule has 5 aliphatic rings. The van der Waals surface area contributed by atoms with Crippen molar-refractivity contribution in [3.8, 4) is 0 Å². The second-order valence-electron chi connectivity index (χ2n) is 9.24. The van der Waals surface area contributed by atoms with Gasteiger partial charge in [0.25, 0.3) is 0 Å². The predicted octanol–water partition coefficient (Wildman–Crippen LogP) is 1.11. The third-order valence-corrected chi connectivity index (χ3v) is 8.47. The van der Waals surface area contributed by atoms with E-state index in [0.717, 1.165) is 24.8 Å². The standard InChI is InChI=1S/C19H24O6/c1-8-5-18-6-9(8)3-4-11(18)19-7-10(20)14(21)17(2,16(24)25-19)13(19)12(18)15(22)23/h9-14,20-21H,1,3-7H2,2H3,(H,22,23)/t9-,10+,11-,12-,13-,14+,17+,18+,19-/m1/s1. The Labute approximate surface area is 145 Å². The van der Waals surface area contributed by atoms with E-state index in [1.165, 1.54) is 0 Å². The van der Waals surface area contributed by atoms with Crippen molar-refractivity contribution >= 4 is 11.9 Å². The monoisotopic (exact) mass is 348 g/mol. The molecule has 4 aliphatic carbocycles. The molecule has 0 radical (unpaired) electrons. The number of carbonyl (C=O) groups excluding carboxylic acids is 1. The number of hydrogen-bond donors (Lipinski definition) is 3. The van der Waals surface area contributed by atoms with Crippen LogP contribution in [0.1, 0.15) is 39.0 Å². The third kappa shape index (κ3) is 1.44. The van der Waals surface area contributed by atoms with Crippen molar-refractivity contribution in [2.75, 3.05) is 0 Å². The van der Waals surface area contributed by atoms with Gasteiger partial charge in [0.2, 0.25) is 0 Å². The second-order valence-corrected chi connectivity index (χ2v) is 9.24. The molecule has 9 atom stereocenters. The van der Waals surface area contributed by atoms with Crippen LogP contribution in [-0.4, -0.2) is 45.1 Å². The number of ether oxygens (including phenoxy) is 1. The fourth-order valence-electron chi connectivity index (χ4n) is 7.72. The fourth-order valence-corrected chi connectivity index (χ4v) is 7.72. The zero-order chi connectivity index (χ0) is 17.9. The van der Waals surface area contributed by atoms with E-state index in [1.807, 2.05) is 0 Å². The summed E-state index contributed by atoms with van der Waals surface area (Å²) >= 11 is 0. The van der Waals surface area contributed by atoms with Crippen LogP contribution in [0.3, 0.4) is 0 Å². The Hall–Kier alpha value is -1.40. The third-order valence-electron chi connectivity index (χ3n) is 8.47. The van der Waals surface area contributed by atoms with Gasteiger partial charge in [0.05, 0.1) is 18.1 Å². The molecule has 3 N–H and O–H groups in total. The van der Waals surface area contributed by atoms with Crippen LogP contribution >= 0.6 is 0 Å². The summed E-state index contributed by atoms with van der Waals surface area (Å²) < 4.78 is 5.92. The maximum Gasteiger partial charge on any atom is 0.315 e. The Balaban J connectivity index is 1.76. The Bertz CT molecular complexity index is 717. The number of aliphatic carboxylic acids is 1. The topological polar surface area (TPSA) is 104 Å². The molecule has 5 rings (SSSR count). The average molecular weight is 348 g/mol. The van der Waals surface area contributed by atoms with Gasteiger partial charge in [-0.3, -0.25) is 9.59 Å². The lowest BCUT2D eigenvalue weighted by Gasteiger charge is -2.46. The largest absolute Gasteiger partial charge is 0.481 e. The first kappa shape index (κ1) is 15.8. The highest BCUT2D eigenvalue weighted by Crippen LogP contribution is 2.77. The number of esters is 1. The lowest BCUT2D eigenvalue weighted by molar-refractivity contribution is -0.163. The molecule has 0 amide bonds. The molecular formula is C19H24O6. The van der Waals surface area contributed by atoms with Gasteiger partial charge >= 0.3 is 11.9 Å². The van der Waals surface area contributed by atoms with Crippen LogP contribution < -0.4 is 0 Å². The summed E-state index contributed by atoms with van der Waals surface area (Å²) in [4.78, 5) is 25.2. The van der Waals surface area contributed by atoms with Crippen LogP contribution in [0.5, 0.6) is 0 Å². The normalized spacial score (nSPS) is 58.7. The molecule has 1 heterocycles. The van der Waals surface area contributed by atoms with Gasteiger partial charge in [0, 0.05) is 18.3 Å². The van der Waals surface area contributed by atoms with Crippen molar-refractivity contribution < 1.29 is 29.6 Å². The van der Waals surface area contributed by atoms with Crippen LogP contribution in [0.4, 0.5) is 0 Å². The van der Waals surface area contributed by atoms with Crippen molar-refractivity contribution in [2.24, 2.45) is 34.5 Å². The number of carboxylic acid groups (broad SMARTS) is 1. The quantitative estimate of drug-likeness (QED) is 0.484. The van der Waals surface area contributed by atoms with Gasteiger partial charge < -0.3 is 20.1 Å². The zero-order valence-corrected chi connectivity index (χ0v) is 14.3. The summed E-state index contributed by atoms with van der Waals surface area (Å²) in [6.45, 7) is 5.77. The highest BCUT2D eigenvalue weighted by molar-refractivity contribution is 5.85. The molecule has 5 fully saturated rings. The van der Waals surface area contributed by atoms with Crippen molar-refractivity contribution in [2.45, 2.75) is 56.8 Å². The molecule has 1 spiro atoms. The molecule has 0 aromatic rings. The summed E-state index contributed by atoms with van der Waals surface area (Å²) in [6, 6.07) is 0. The molecule has 136 valence electrons. The lowest BCUT2D eigenvalue weighted by Crippen LogP contribution is -2.59. The fraction of sp³-hybridized carbons (Fsp3) is 0.789. The molecule has 6 heteroatoms. The van der Waals surface area contributed by atoms with Gasteiger partial charge in [-0.2, -0.15) is 0 Å². The van der Waals surface area contributed by atoms with Crippen LogP contribution in [0.25, 0.3) is 0 Å². The highest BCUT2D eigenvalue weighted by atomic mass is 16.6. The molecule has 1 aliphatic heterocycles. The summed E-state index contributed by atoms with van der Waals surface area (Å²) in [5.41, 5.74) is -1.70. The number of fused-ring (bicyclic) bond motifs is 1. The minimum absolute atomic E-state index is 0.0884. The lowest BCUT2D eigenvalue weighted by atomic mass is 9.58. The predicted molar refractivity (Wildman–Crippen MR) is 85.2 cm³/mol. The van der Waals surface area contributed by atoms with Crippen LogP contribution in [0.2, 0.25) is 0 Å². The smallest absolute Gasteiger partial charge is 0.315 e. The Morgan fingerprint density at radius 2 is 2.00 bits per heavy atom. The maximum atomic E-state index is 12.7. The summed E-state index contributed by atoms with van der Waals surface area (Å²) in [5, 5.41) is 31.3. The molecule has 0 aromatic carbocycles. The van der Waals surface area contributed by atoms with Crippen LogP contribution in [0, 0.1) is 34.5 Å². The average Bonchev–Trinajstić information content (AvgIpc) is 3.00. The molecule has 0 unspecified atom stereocenters. The van der Waals surface area contributed by atoms with Crippen LogP contribution in [0.15, 0.2) is 12.2 Å². The first-order valence-corrected chi connectivity index (χ1v) is 9.18. The summed E-state index contributed by atoms with van der Waals surface area (Å²) in [6.07, 6.45) is 0.907. The maximum absolute atomic E-state index is 12.7. The van der Waals surface area contributed by atoms with Gasteiger partial charge in [-0.1, -0.05) is 12.2 Å². The first-order valence-electron chi connectivity index (χ1n) is 9.18. The van der Waals surface area contributed by atoms with E-state index in [0.29, 0.717) is 12.3 Å². The zero-order valence-electron chi connectivity index (χ0n) is 14.3. The van der Waals surface area contributed by atoms with Crippen molar-refractivity contribution in [1.82, 2.24) is 0 Å². The molecule has 0 aromatic heterocycles. The molecule has 4 saturated carbocycles. The van der Waals surface area contributed by atoms with E-state index < -0.39 is 52.4 Å². The number of carboxylic acids is 1. The number of rotatable bonds is 1. The minimum Gasteiger partial charge on any atom is -0.481 e. The molecule has 6 nitrogen and oxygen atoms in total. The Morgan fingerprint density at radius 1 is 1.28 bits per heavy atom. The summed E-state index contributed by atoms with van der Waals surface area (Å²) in [7, 11) is 0. The molecule has 25 heavy (non-hydrogen) atoms. The number of aliphatic hydroxyl groups excluding tert-OH is 2. The van der Waals surface area contributed by atoms with Crippen molar-refractivity contribution in [3.05, 3.63) is 12.2 Å². The highest BCUT2D eigenvalue weighted by Gasteiger charge is 2.84. The van der Waals surface area contributed by atoms with Crippen molar-refractivity contribution in [1.29, 1.82) is 0 Å². The van der Waals surface area contributed by atoms with Gasteiger partial charge in [-0.25, -0.2) is 0 Å². The van der Waals surface area contributed by atoms with Crippen LogP contribution in [-0.2, 0) is 14.3 Å². The van der Waals surface area contributed by atoms with Gasteiger partial charge in [0.15, 0.2) is 0 Å². The molecular weight excluding hydrogens is 324 g/mol. The Kier molecular flexibility index (Phi) is 2.71.